The summed E-state index contributed by atoms with van der Waals surface area (Å²) in [6.07, 6.45) is 0.381. The van der Waals surface area contributed by atoms with Crippen molar-refractivity contribution in [3.8, 4) is 11.4 Å². The van der Waals surface area contributed by atoms with Crippen LogP contribution in [0.15, 0.2) is 48.5 Å². The molecule has 0 atom stereocenters. The van der Waals surface area contributed by atoms with Crippen molar-refractivity contribution >= 4 is 18.1 Å². The standard InChI is InChI=1S/C22H26N4OS/c1-4-25(15-19-8-6-5-7-17(19)3)20(27)13-14-26-21(23-24-22(26)28)18-11-9-16(2)10-12-18/h5-12H,4,13-15H2,1-3H3,(H,24,28). The van der Waals surface area contributed by atoms with Gasteiger partial charge in [0.2, 0.25) is 5.91 Å². The van der Waals surface area contributed by atoms with Crippen molar-refractivity contribution in [1.82, 2.24) is 19.7 Å². The van der Waals surface area contributed by atoms with Crippen LogP contribution in [0.25, 0.3) is 11.4 Å². The van der Waals surface area contributed by atoms with Gasteiger partial charge in [-0.1, -0.05) is 54.1 Å². The van der Waals surface area contributed by atoms with E-state index < -0.39 is 0 Å². The molecule has 3 aromatic rings. The number of benzene rings is 2. The predicted octanol–water partition coefficient (Wildman–Crippen LogP) is 4.66. The fourth-order valence-corrected chi connectivity index (χ4v) is 3.41. The molecule has 146 valence electrons. The minimum atomic E-state index is 0.115. The molecule has 6 heteroatoms. The summed E-state index contributed by atoms with van der Waals surface area (Å²) < 4.78 is 2.43. The van der Waals surface area contributed by atoms with Crippen LogP contribution in [0, 0.1) is 18.6 Å². The van der Waals surface area contributed by atoms with Crippen LogP contribution >= 0.6 is 12.2 Å². The molecule has 3 rings (SSSR count). The number of aryl methyl sites for hydroxylation is 2. The van der Waals surface area contributed by atoms with Crippen molar-refractivity contribution in [1.29, 1.82) is 0 Å². The molecule has 0 saturated carbocycles. The highest BCUT2D eigenvalue weighted by Gasteiger charge is 2.15. The number of hydrogen-bond donors (Lipinski definition) is 1. The predicted molar refractivity (Wildman–Crippen MR) is 114 cm³/mol. The molecule has 0 saturated heterocycles. The Hall–Kier alpha value is -2.73. The maximum absolute atomic E-state index is 12.8. The molecule has 0 unspecified atom stereocenters. The molecule has 28 heavy (non-hydrogen) atoms. The SMILES string of the molecule is CCN(Cc1ccccc1C)C(=O)CCn1c(-c2ccc(C)cc2)n[nH]c1=S. The van der Waals surface area contributed by atoms with Crippen LogP contribution in [-0.4, -0.2) is 32.1 Å². The summed E-state index contributed by atoms with van der Waals surface area (Å²) in [6.45, 7) is 7.94. The Kier molecular flexibility index (Phi) is 6.41. The number of aromatic amines is 1. The second-order valence-electron chi connectivity index (χ2n) is 6.95. The molecule has 0 aliphatic heterocycles. The van der Waals surface area contributed by atoms with Crippen LogP contribution in [0.4, 0.5) is 0 Å². The monoisotopic (exact) mass is 394 g/mol. The van der Waals surface area contributed by atoms with E-state index in [1.54, 1.807) is 0 Å². The molecule has 0 bridgehead atoms. The summed E-state index contributed by atoms with van der Waals surface area (Å²) in [6, 6.07) is 16.3. The molecule has 1 N–H and O–H groups in total. The first-order valence-corrected chi connectivity index (χ1v) is 9.95. The van der Waals surface area contributed by atoms with Gasteiger partial charge in [0, 0.05) is 31.6 Å². The van der Waals surface area contributed by atoms with E-state index in [-0.39, 0.29) is 5.91 Å². The minimum absolute atomic E-state index is 0.115. The van der Waals surface area contributed by atoms with Crippen molar-refractivity contribution in [2.45, 2.75) is 40.3 Å². The highest BCUT2D eigenvalue weighted by atomic mass is 32.1. The molecule has 2 aromatic carbocycles. The second-order valence-corrected chi connectivity index (χ2v) is 7.34. The van der Waals surface area contributed by atoms with Gasteiger partial charge in [0.25, 0.3) is 0 Å². The Balaban J connectivity index is 1.72. The van der Waals surface area contributed by atoms with E-state index in [9.17, 15) is 4.79 Å². The minimum Gasteiger partial charge on any atom is -0.339 e. The Labute approximate surface area is 171 Å². The van der Waals surface area contributed by atoms with E-state index in [4.69, 9.17) is 12.2 Å². The number of amides is 1. The average molecular weight is 395 g/mol. The van der Waals surface area contributed by atoms with E-state index in [1.165, 1.54) is 16.7 Å². The van der Waals surface area contributed by atoms with Crippen molar-refractivity contribution in [3.05, 3.63) is 70.0 Å². The Morgan fingerprint density at radius 2 is 1.86 bits per heavy atom. The van der Waals surface area contributed by atoms with Crippen molar-refractivity contribution in [2.24, 2.45) is 0 Å². The summed E-state index contributed by atoms with van der Waals surface area (Å²) in [4.78, 5) is 14.7. The van der Waals surface area contributed by atoms with E-state index >= 15 is 0 Å². The van der Waals surface area contributed by atoms with Gasteiger partial charge in [-0.15, -0.1) is 0 Å². The van der Waals surface area contributed by atoms with Crippen molar-refractivity contribution in [3.63, 3.8) is 0 Å². The first-order chi connectivity index (χ1) is 13.5. The summed E-state index contributed by atoms with van der Waals surface area (Å²) >= 11 is 5.39. The van der Waals surface area contributed by atoms with Crippen molar-refractivity contribution in [2.75, 3.05) is 6.54 Å². The lowest BCUT2D eigenvalue weighted by Crippen LogP contribution is -2.31. The van der Waals surface area contributed by atoms with E-state index in [0.717, 1.165) is 11.4 Å². The number of rotatable bonds is 7. The number of aromatic nitrogens is 3. The van der Waals surface area contributed by atoms with Crippen LogP contribution in [0.1, 0.15) is 30.0 Å². The van der Waals surface area contributed by atoms with Gasteiger partial charge in [-0.3, -0.25) is 14.5 Å². The van der Waals surface area contributed by atoms with Gasteiger partial charge < -0.3 is 4.90 Å². The summed E-state index contributed by atoms with van der Waals surface area (Å²) in [7, 11) is 0. The number of H-pyrrole nitrogens is 1. The molecule has 1 aromatic heterocycles. The second kappa shape index (κ2) is 8.97. The largest absolute Gasteiger partial charge is 0.339 e. The van der Waals surface area contributed by atoms with Gasteiger partial charge in [0.15, 0.2) is 10.6 Å². The Morgan fingerprint density at radius 3 is 2.54 bits per heavy atom. The highest BCUT2D eigenvalue weighted by molar-refractivity contribution is 7.71. The Morgan fingerprint density at radius 1 is 1.14 bits per heavy atom. The summed E-state index contributed by atoms with van der Waals surface area (Å²) in [5, 5.41) is 7.21. The zero-order valence-corrected chi connectivity index (χ0v) is 17.4. The number of carbonyl (C=O) groups is 1. The molecule has 5 nitrogen and oxygen atoms in total. The maximum Gasteiger partial charge on any atom is 0.224 e. The van der Waals surface area contributed by atoms with Crippen LogP contribution in [0.3, 0.4) is 0 Å². The van der Waals surface area contributed by atoms with Gasteiger partial charge in [-0.25, -0.2) is 0 Å². The molecule has 0 aliphatic rings. The molecule has 1 amide bonds. The molecule has 0 radical (unpaired) electrons. The van der Waals surface area contributed by atoms with Gasteiger partial charge in [-0.2, -0.15) is 5.10 Å². The third kappa shape index (κ3) is 4.57. The van der Waals surface area contributed by atoms with Crippen LogP contribution in [-0.2, 0) is 17.9 Å². The van der Waals surface area contributed by atoms with Crippen LogP contribution in [0.2, 0.25) is 0 Å². The molecule has 0 spiro atoms. The normalized spacial score (nSPS) is 10.8. The molecule has 0 aliphatic carbocycles. The molecular weight excluding hydrogens is 368 g/mol. The molecular formula is C22H26N4OS. The third-order valence-corrected chi connectivity index (χ3v) is 5.29. The van der Waals surface area contributed by atoms with Crippen LogP contribution < -0.4 is 0 Å². The lowest BCUT2D eigenvalue weighted by molar-refractivity contribution is -0.131. The fourth-order valence-electron chi connectivity index (χ4n) is 3.18. The number of hydrogen-bond acceptors (Lipinski definition) is 3. The van der Waals surface area contributed by atoms with Gasteiger partial charge in [-0.05, 0) is 44.1 Å². The first-order valence-electron chi connectivity index (χ1n) is 9.54. The van der Waals surface area contributed by atoms with Crippen molar-refractivity contribution < 1.29 is 4.79 Å². The third-order valence-electron chi connectivity index (χ3n) is 4.97. The lowest BCUT2D eigenvalue weighted by atomic mass is 10.1. The maximum atomic E-state index is 12.8. The topological polar surface area (TPSA) is 53.9 Å². The zero-order valence-electron chi connectivity index (χ0n) is 16.6. The Bertz CT molecular complexity index is 1000. The smallest absolute Gasteiger partial charge is 0.224 e. The van der Waals surface area contributed by atoms with E-state index in [2.05, 4.69) is 29.3 Å². The zero-order chi connectivity index (χ0) is 20.1. The van der Waals surface area contributed by atoms with Gasteiger partial charge >= 0.3 is 0 Å². The number of carbonyl (C=O) groups excluding carboxylic acids is 1. The number of nitrogens with zero attached hydrogens (tertiary/aromatic N) is 3. The first kappa shape index (κ1) is 20.0. The highest BCUT2D eigenvalue weighted by Crippen LogP contribution is 2.19. The molecule has 0 fully saturated rings. The fraction of sp³-hybridized carbons (Fsp3) is 0.318. The summed E-state index contributed by atoms with van der Waals surface area (Å²) in [5.41, 5.74) is 4.55. The summed E-state index contributed by atoms with van der Waals surface area (Å²) in [5.74, 6) is 0.878. The van der Waals surface area contributed by atoms with E-state index in [1.807, 2.05) is 59.7 Å². The van der Waals surface area contributed by atoms with E-state index in [0.29, 0.717) is 30.8 Å². The van der Waals surface area contributed by atoms with Gasteiger partial charge in [0.1, 0.15) is 0 Å². The molecule has 1 heterocycles. The average Bonchev–Trinajstić information content (AvgIpc) is 3.06. The number of nitrogens with one attached hydrogen (secondary N) is 1. The van der Waals surface area contributed by atoms with Gasteiger partial charge in [0.05, 0.1) is 0 Å². The van der Waals surface area contributed by atoms with Crippen LogP contribution in [0.5, 0.6) is 0 Å². The quantitative estimate of drug-likeness (QED) is 0.593. The lowest BCUT2D eigenvalue weighted by Gasteiger charge is -2.22.